The number of ether oxygens (including phenoxy) is 1. The number of rotatable bonds is 6. The molecular weight excluding hydrogens is 316 g/mol. The lowest BCUT2D eigenvalue weighted by atomic mass is 10.2. The highest BCUT2D eigenvalue weighted by molar-refractivity contribution is 5.50. The second-order valence-electron chi connectivity index (χ2n) is 3.95. The molecule has 0 fully saturated rings. The number of hydrogen-bond donors (Lipinski definition) is 0. The van der Waals surface area contributed by atoms with Gasteiger partial charge in [-0.2, -0.15) is 22.0 Å². The lowest BCUT2D eigenvalue weighted by molar-refractivity contribution is -0.304. The van der Waals surface area contributed by atoms with E-state index in [1.165, 1.54) is 24.3 Å². The molecule has 1 rings (SSSR count). The maximum absolute atomic E-state index is 13.0. The minimum atomic E-state index is -5.73. The summed E-state index contributed by atoms with van der Waals surface area (Å²) in [7, 11) is 0. The van der Waals surface area contributed by atoms with Crippen LogP contribution in [0.4, 0.5) is 26.3 Å². The van der Waals surface area contributed by atoms with Crippen molar-refractivity contribution >= 4 is 6.08 Å². The summed E-state index contributed by atoms with van der Waals surface area (Å²) in [5.41, 5.74) is 8.53. The fraction of sp³-hybridized carbons (Fsp3) is 0.333. The van der Waals surface area contributed by atoms with Gasteiger partial charge in [0.1, 0.15) is 5.75 Å². The number of nitrogens with zero attached hydrogens (tertiary/aromatic N) is 3. The highest BCUT2D eigenvalue weighted by Crippen LogP contribution is 2.36. The highest BCUT2D eigenvalue weighted by Gasteiger charge is 2.59. The molecule has 0 amide bonds. The van der Waals surface area contributed by atoms with Gasteiger partial charge in [0.25, 0.3) is 6.17 Å². The smallest absolute Gasteiger partial charge is 0.430 e. The first kappa shape index (κ1) is 17.7. The van der Waals surface area contributed by atoms with Crippen molar-refractivity contribution in [3.8, 4) is 5.75 Å². The molecule has 0 aliphatic carbocycles. The fourth-order valence-corrected chi connectivity index (χ4v) is 1.32. The van der Waals surface area contributed by atoms with E-state index in [0.29, 0.717) is 5.56 Å². The minimum absolute atomic E-state index is 0.0714. The van der Waals surface area contributed by atoms with Crippen LogP contribution in [0.15, 0.2) is 35.5 Å². The summed E-state index contributed by atoms with van der Waals surface area (Å²) in [4.78, 5) is 2.50. The third-order valence-electron chi connectivity index (χ3n) is 2.28. The Bertz CT molecular complexity index is 563. The van der Waals surface area contributed by atoms with Crippen LogP contribution in [0, 0.1) is 0 Å². The van der Waals surface area contributed by atoms with Gasteiger partial charge in [0.2, 0.25) is 0 Å². The van der Waals surface area contributed by atoms with Crippen LogP contribution in [-0.4, -0.2) is 25.0 Å². The average molecular weight is 325 g/mol. The van der Waals surface area contributed by atoms with E-state index in [1.807, 2.05) is 0 Å². The van der Waals surface area contributed by atoms with Crippen molar-refractivity contribution in [2.75, 3.05) is 6.54 Å². The Hall–Kier alpha value is -2.35. The van der Waals surface area contributed by atoms with E-state index in [-0.39, 0.29) is 6.54 Å². The van der Waals surface area contributed by atoms with Crippen LogP contribution in [0.25, 0.3) is 16.5 Å². The maximum Gasteiger partial charge on any atom is 0.439 e. The quantitative estimate of drug-likeness (QED) is 0.318. The maximum atomic E-state index is 13.0. The SMILES string of the molecule is [N-]=[N+]=NCC=Cc1ccc(OC(F)(F)[C@H](F)C(F)(F)F)cc1. The van der Waals surface area contributed by atoms with Crippen molar-refractivity contribution in [1.29, 1.82) is 0 Å². The van der Waals surface area contributed by atoms with Gasteiger partial charge in [0.15, 0.2) is 0 Å². The van der Waals surface area contributed by atoms with Gasteiger partial charge in [-0.3, -0.25) is 0 Å². The van der Waals surface area contributed by atoms with Gasteiger partial charge >= 0.3 is 12.3 Å². The first-order valence-corrected chi connectivity index (χ1v) is 5.72. The molecule has 0 radical (unpaired) electrons. The molecule has 22 heavy (non-hydrogen) atoms. The molecule has 0 saturated heterocycles. The second-order valence-corrected chi connectivity index (χ2v) is 3.95. The Kier molecular flexibility index (Phi) is 5.69. The van der Waals surface area contributed by atoms with Crippen LogP contribution in [0.2, 0.25) is 0 Å². The normalized spacial score (nSPS) is 13.7. The Labute approximate surface area is 120 Å². The summed E-state index contributed by atoms with van der Waals surface area (Å²) in [6.45, 7) is 0.0714. The summed E-state index contributed by atoms with van der Waals surface area (Å²) in [5.74, 6) is -0.621. The first-order chi connectivity index (χ1) is 10.2. The van der Waals surface area contributed by atoms with Crippen LogP contribution >= 0.6 is 0 Å². The molecule has 0 aliphatic heterocycles. The monoisotopic (exact) mass is 325 g/mol. The molecule has 1 aromatic carbocycles. The molecular formula is C12H9F6N3O. The predicted molar refractivity (Wildman–Crippen MR) is 66.0 cm³/mol. The molecule has 1 atom stereocenters. The van der Waals surface area contributed by atoms with Crippen LogP contribution in [-0.2, 0) is 0 Å². The van der Waals surface area contributed by atoms with Gasteiger partial charge in [-0.25, -0.2) is 4.39 Å². The van der Waals surface area contributed by atoms with Gasteiger partial charge in [-0.15, -0.1) is 0 Å². The van der Waals surface area contributed by atoms with Crippen molar-refractivity contribution < 1.29 is 31.1 Å². The molecule has 0 aromatic heterocycles. The third-order valence-corrected chi connectivity index (χ3v) is 2.28. The molecule has 120 valence electrons. The van der Waals surface area contributed by atoms with Crippen LogP contribution in [0.1, 0.15) is 5.56 Å². The molecule has 10 heteroatoms. The Balaban J connectivity index is 2.75. The van der Waals surface area contributed by atoms with E-state index in [4.69, 9.17) is 5.53 Å². The van der Waals surface area contributed by atoms with E-state index in [1.54, 1.807) is 0 Å². The standard InChI is InChI=1S/C12H9F6N3O/c13-10(11(14,15)16)12(17,18)22-9-5-3-8(4-6-9)2-1-7-20-21-19/h1-6,10H,7H2/t10-/m1/s1. The topological polar surface area (TPSA) is 58.0 Å². The number of halogens is 6. The number of azide groups is 1. The fourth-order valence-electron chi connectivity index (χ4n) is 1.32. The second kappa shape index (κ2) is 7.08. The molecule has 1 aromatic rings. The lowest BCUT2D eigenvalue weighted by Gasteiger charge is -2.23. The number of benzene rings is 1. The van der Waals surface area contributed by atoms with E-state index in [9.17, 15) is 26.3 Å². The molecule has 0 spiro atoms. The molecule has 0 N–H and O–H groups in total. The van der Waals surface area contributed by atoms with Crippen molar-refractivity contribution in [1.82, 2.24) is 0 Å². The molecule has 0 bridgehead atoms. The highest BCUT2D eigenvalue weighted by atomic mass is 19.4. The average Bonchev–Trinajstić information content (AvgIpc) is 2.43. The van der Waals surface area contributed by atoms with E-state index in [2.05, 4.69) is 14.8 Å². The summed E-state index contributed by atoms with van der Waals surface area (Å²) in [6.07, 6.45) is -12.2. The lowest BCUT2D eigenvalue weighted by Crippen LogP contribution is -2.45. The zero-order valence-electron chi connectivity index (χ0n) is 10.8. The molecule has 0 aliphatic rings. The van der Waals surface area contributed by atoms with Crippen molar-refractivity contribution in [3.05, 3.63) is 46.3 Å². The zero-order chi connectivity index (χ0) is 16.8. The van der Waals surface area contributed by atoms with Gasteiger partial charge in [-0.05, 0) is 23.2 Å². The third kappa shape index (κ3) is 5.21. The summed E-state index contributed by atoms with van der Waals surface area (Å²) in [6, 6.07) is 4.45. The van der Waals surface area contributed by atoms with E-state index in [0.717, 1.165) is 12.1 Å². The van der Waals surface area contributed by atoms with Crippen LogP contribution < -0.4 is 4.74 Å². The predicted octanol–water partition coefficient (Wildman–Crippen LogP) is 4.88. The Morgan fingerprint density at radius 3 is 2.27 bits per heavy atom. The Morgan fingerprint density at radius 1 is 1.18 bits per heavy atom. The van der Waals surface area contributed by atoms with Crippen LogP contribution in [0.5, 0.6) is 5.75 Å². The zero-order valence-corrected chi connectivity index (χ0v) is 10.8. The molecule has 0 heterocycles. The Morgan fingerprint density at radius 2 is 1.77 bits per heavy atom. The molecule has 0 unspecified atom stereocenters. The summed E-state index contributed by atoms with van der Waals surface area (Å²) in [5, 5.41) is 3.22. The van der Waals surface area contributed by atoms with Gasteiger partial charge in [0, 0.05) is 11.5 Å². The van der Waals surface area contributed by atoms with Gasteiger partial charge < -0.3 is 4.74 Å². The summed E-state index contributed by atoms with van der Waals surface area (Å²) < 4.78 is 78.2. The van der Waals surface area contributed by atoms with Crippen molar-refractivity contribution in [2.24, 2.45) is 5.11 Å². The number of hydrogen-bond acceptors (Lipinski definition) is 2. The van der Waals surface area contributed by atoms with Gasteiger partial charge in [0.05, 0.1) is 0 Å². The minimum Gasteiger partial charge on any atom is -0.430 e. The van der Waals surface area contributed by atoms with Crippen molar-refractivity contribution in [2.45, 2.75) is 18.5 Å². The summed E-state index contributed by atoms with van der Waals surface area (Å²) >= 11 is 0. The molecule has 4 nitrogen and oxygen atoms in total. The van der Waals surface area contributed by atoms with Crippen LogP contribution in [0.3, 0.4) is 0 Å². The first-order valence-electron chi connectivity index (χ1n) is 5.72. The van der Waals surface area contributed by atoms with E-state index < -0.39 is 24.2 Å². The van der Waals surface area contributed by atoms with Crippen molar-refractivity contribution in [3.63, 3.8) is 0 Å². The van der Waals surface area contributed by atoms with E-state index >= 15 is 0 Å². The van der Waals surface area contributed by atoms with Gasteiger partial charge in [-0.1, -0.05) is 29.4 Å². The number of alkyl halides is 6. The molecule has 0 saturated carbocycles. The largest absolute Gasteiger partial charge is 0.439 e.